The molecule has 1 aliphatic heterocycles. The zero-order valence-electron chi connectivity index (χ0n) is 9.01. The summed E-state index contributed by atoms with van der Waals surface area (Å²) in [6.45, 7) is 5.58. The van der Waals surface area contributed by atoms with Crippen LogP contribution < -0.4 is 5.32 Å². The van der Waals surface area contributed by atoms with Crippen LogP contribution >= 0.6 is 0 Å². The Morgan fingerprint density at radius 2 is 2.36 bits per heavy atom. The molecule has 1 saturated carbocycles. The molecule has 2 atom stereocenters. The van der Waals surface area contributed by atoms with Crippen LogP contribution in [0.5, 0.6) is 0 Å². The van der Waals surface area contributed by atoms with Crippen LogP contribution in [0, 0.1) is 11.3 Å². The number of amides is 1. The third kappa shape index (κ3) is 1.65. The molecule has 2 fully saturated rings. The largest absolute Gasteiger partial charge is 0.379 e. The topological polar surface area (TPSA) is 38.3 Å². The van der Waals surface area contributed by atoms with Gasteiger partial charge >= 0.3 is 0 Å². The zero-order chi connectivity index (χ0) is 10.2. The van der Waals surface area contributed by atoms with Crippen molar-refractivity contribution in [2.45, 2.75) is 39.2 Å². The average Bonchev–Trinajstić information content (AvgIpc) is 2.85. The fraction of sp³-hybridized carbons (Fsp3) is 0.909. The lowest BCUT2D eigenvalue weighted by atomic mass is 9.99. The van der Waals surface area contributed by atoms with Gasteiger partial charge in [-0.05, 0) is 19.3 Å². The van der Waals surface area contributed by atoms with E-state index >= 15 is 0 Å². The predicted molar refractivity (Wildman–Crippen MR) is 53.9 cm³/mol. The molecule has 1 heterocycles. The average molecular weight is 197 g/mol. The van der Waals surface area contributed by atoms with E-state index in [1.807, 2.05) is 13.8 Å². The van der Waals surface area contributed by atoms with E-state index < -0.39 is 0 Å². The molecule has 2 aliphatic rings. The van der Waals surface area contributed by atoms with Crippen molar-refractivity contribution in [2.24, 2.45) is 11.3 Å². The van der Waals surface area contributed by atoms with Gasteiger partial charge in [-0.15, -0.1) is 0 Å². The molecular weight excluding hydrogens is 178 g/mol. The molecule has 14 heavy (non-hydrogen) atoms. The third-order valence-corrected chi connectivity index (χ3v) is 3.68. The molecule has 1 aliphatic carbocycles. The Hall–Kier alpha value is -0.570. The van der Waals surface area contributed by atoms with Gasteiger partial charge < -0.3 is 10.1 Å². The van der Waals surface area contributed by atoms with Crippen molar-refractivity contribution in [1.29, 1.82) is 0 Å². The molecule has 2 rings (SSSR count). The number of carbonyl (C=O) groups excluding carboxylic acids is 1. The molecule has 0 aromatic rings. The molecule has 3 nitrogen and oxygen atoms in total. The van der Waals surface area contributed by atoms with Crippen LogP contribution in [0.25, 0.3) is 0 Å². The molecule has 1 N–H and O–H groups in total. The van der Waals surface area contributed by atoms with Crippen molar-refractivity contribution in [3.05, 3.63) is 0 Å². The molecule has 1 spiro atoms. The Balaban J connectivity index is 1.88. The summed E-state index contributed by atoms with van der Waals surface area (Å²) in [7, 11) is 0. The van der Waals surface area contributed by atoms with Gasteiger partial charge in [0.25, 0.3) is 0 Å². The molecule has 1 saturated heterocycles. The molecule has 2 unspecified atom stereocenters. The predicted octanol–water partition coefficient (Wildman–Crippen LogP) is 1.33. The minimum atomic E-state index is 0.131. The van der Waals surface area contributed by atoms with Gasteiger partial charge in [-0.3, -0.25) is 4.79 Å². The van der Waals surface area contributed by atoms with E-state index in [9.17, 15) is 4.79 Å². The lowest BCUT2D eigenvalue weighted by Crippen LogP contribution is -2.43. The van der Waals surface area contributed by atoms with Crippen LogP contribution in [0.3, 0.4) is 0 Å². The van der Waals surface area contributed by atoms with Crippen LogP contribution in [0.2, 0.25) is 0 Å². The summed E-state index contributed by atoms with van der Waals surface area (Å²) in [5, 5.41) is 3.12. The van der Waals surface area contributed by atoms with Gasteiger partial charge in [0, 0.05) is 11.3 Å². The maximum atomic E-state index is 11.7. The highest BCUT2D eigenvalue weighted by molar-refractivity contribution is 5.78. The standard InChI is InChI=1S/C11H19NO2/c1-3-8(2)10(13)12-9-6-14-7-11(9)4-5-11/h8-9H,3-7H2,1-2H3,(H,12,13). The number of nitrogens with one attached hydrogen (secondary N) is 1. The second-order valence-electron chi connectivity index (χ2n) is 4.75. The molecule has 0 aromatic carbocycles. The number of hydrogen-bond acceptors (Lipinski definition) is 2. The minimum Gasteiger partial charge on any atom is -0.379 e. The van der Waals surface area contributed by atoms with Gasteiger partial charge in [-0.1, -0.05) is 13.8 Å². The van der Waals surface area contributed by atoms with Crippen LogP contribution in [-0.2, 0) is 9.53 Å². The van der Waals surface area contributed by atoms with Crippen LogP contribution in [0.1, 0.15) is 33.1 Å². The first kappa shape index (κ1) is 9.97. The van der Waals surface area contributed by atoms with Crippen molar-refractivity contribution in [2.75, 3.05) is 13.2 Å². The number of rotatable bonds is 3. The summed E-state index contributed by atoms with van der Waals surface area (Å²) in [5.74, 6) is 0.320. The first-order chi connectivity index (χ1) is 6.68. The van der Waals surface area contributed by atoms with E-state index in [-0.39, 0.29) is 17.9 Å². The van der Waals surface area contributed by atoms with E-state index in [4.69, 9.17) is 4.74 Å². The highest BCUT2D eigenvalue weighted by atomic mass is 16.5. The third-order valence-electron chi connectivity index (χ3n) is 3.68. The van der Waals surface area contributed by atoms with E-state index in [1.54, 1.807) is 0 Å². The Labute approximate surface area is 85.2 Å². The van der Waals surface area contributed by atoms with E-state index in [1.165, 1.54) is 12.8 Å². The smallest absolute Gasteiger partial charge is 0.223 e. The first-order valence-electron chi connectivity index (χ1n) is 5.56. The molecule has 0 radical (unpaired) electrons. The van der Waals surface area contributed by atoms with Crippen molar-refractivity contribution < 1.29 is 9.53 Å². The van der Waals surface area contributed by atoms with Gasteiger partial charge in [-0.25, -0.2) is 0 Å². The highest BCUT2D eigenvalue weighted by Crippen LogP contribution is 2.51. The van der Waals surface area contributed by atoms with Crippen LogP contribution in [-0.4, -0.2) is 25.2 Å². The Morgan fingerprint density at radius 1 is 1.64 bits per heavy atom. The summed E-state index contributed by atoms with van der Waals surface area (Å²) in [6, 6.07) is 0.281. The maximum Gasteiger partial charge on any atom is 0.223 e. The molecule has 1 amide bonds. The van der Waals surface area contributed by atoms with E-state index in [0.717, 1.165) is 13.0 Å². The highest BCUT2D eigenvalue weighted by Gasteiger charge is 2.53. The maximum absolute atomic E-state index is 11.7. The minimum absolute atomic E-state index is 0.131. The van der Waals surface area contributed by atoms with Gasteiger partial charge in [0.1, 0.15) is 0 Å². The van der Waals surface area contributed by atoms with Gasteiger partial charge in [0.15, 0.2) is 0 Å². The zero-order valence-corrected chi connectivity index (χ0v) is 9.01. The summed E-state index contributed by atoms with van der Waals surface area (Å²) >= 11 is 0. The van der Waals surface area contributed by atoms with Gasteiger partial charge in [-0.2, -0.15) is 0 Å². The summed E-state index contributed by atoms with van der Waals surface area (Å²) in [5.41, 5.74) is 0.323. The lowest BCUT2D eigenvalue weighted by molar-refractivity contribution is -0.125. The summed E-state index contributed by atoms with van der Waals surface area (Å²) in [4.78, 5) is 11.7. The summed E-state index contributed by atoms with van der Waals surface area (Å²) < 4.78 is 5.43. The number of hydrogen-bond donors (Lipinski definition) is 1. The fourth-order valence-corrected chi connectivity index (χ4v) is 2.00. The van der Waals surface area contributed by atoms with Gasteiger partial charge in [0.2, 0.25) is 5.91 Å². The van der Waals surface area contributed by atoms with Gasteiger partial charge in [0.05, 0.1) is 19.3 Å². The monoisotopic (exact) mass is 197 g/mol. The fourth-order valence-electron chi connectivity index (χ4n) is 2.00. The molecule has 0 bridgehead atoms. The molecule has 80 valence electrons. The number of ether oxygens (including phenoxy) is 1. The molecule has 0 aromatic heterocycles. The second-order valence-corrected chi connectivity index (χ2v) is 4.75. The Kier molecular flexibility index (Phi) is 2.52. The number of carbonyl (C=O) groups is 1. The molecular formula is C11H19NO2. The first-order valence-corrected chi connectivity index (χ1v) is 5.56. The van der Waals surface area contributed by atoms with Crippen LogP contribution in [0.15, 0.2) is 0 Å². The van der Waals surface area contributed by atoms with Crippen LogP contribution in [0.4, 0.5) is 0 Å². The quantitative estimate of drug-likeness (QED) is 0.741. The van der Waals surface area contributed by atoms with Crippen molar-refractivity contribution in [3.63, 3.8) is 0 Å². The Bertz CT molecular complexity index is 235. The van der Waals surface area contributed by atoms with E-state index in [0.29, 0.717) is 12.0 Å². The SMILES string of the molecule is CCC(C)C(=O)NC1COCC12CC2. The lowest BCUT2D eigenvalue weighted by Gasteiger charge is -2.19. The Morgan fingerprint density at radius 3 is 2.93 bits per heavy atom. The van der Waals surface area contributed by atoms with Crippen molar-refractivity contribution in [3.8, 4) is 0 Å². The molecule has 3 heteroatoms. The van der Waals surface area contributed by atoms with Crippen molar-refractivity contribution >= 4 is 5.91 Å². The summed E-state index contributed by atoms with van der Waals surface area (Å²) in [6.07, 6.45) is 3.35. The van der Waals surface area contributed by atoms with Crippen molar-refractivity contribution in [1.82, 2.24) is 5.32 Å². The normalized spacial score (nSPS) is 30.3. The second kappa shape index (κ2) is 3.54. The van der Waals surface area contributed by atoms with E-state index in [2.05, 4.69) is 5.32 Å².